The molecule has 0 fully saturated rings. The lowest BCUT2D eigenvalue weighted by Gasteiger charge is -2.15. The highest BCUT2D eigenvalue weighted by atomic mass is 35.5. The lowest BCUT2D eigenvalue weighted by Crippen LogP contribution is -2.05. The van der Waals surface area contributed by atoms with Gasteiger partial charge in [-0.3, -0.25) is 0 Å². The first-order valence-corrected chi connectivity index (χ1v) is 9.31. The van der Waals surface area contributed by atoms with Crippen molar-refractivity contribution in [2.75, 3.05) is 5.32 Å². The lowest BCUT2D eigenvalue weighted by atomic mass is 10.1. The average Bonchev–Trinajstić information content (AvgIpc) is 2.63. The topological polar surface area (TPSA) is 21.3 Å². The number of rotatable bonds is 6. The zero-order valence-electron chi connectivity index (χ0n) is 14.2. The third-order valence-corrected chi connectivity index (χ3v) is 4.86. The van der Waals surface area contributed by atoms with Crippen LogP contribution < -0.4 is 10.1 Å². The average molecular weight is 407 g/mol. The molecule has 3 aromatic rings. The summed E-state index contributed by atoms with van der Waals surface area (Å²) in [5.41, 5.74) is 4.07. The van der Waals surface area contributed by atoms with Gasteiger partial charge in [0, 0.05) is 22.2 Å². The van der Waals surface area contributed by atoms with Crippen molar-refractivity contribution in [1.82, 2.24) is 0 Å². The van der Waals surface area contributed by atoms with Gasteiger partial charge in [-0.2, -0.15) is 0 Å². The maximum absolute atomic E-state index is 6.21. The maximum Gasteiger partial charge on any atom is 0.124 e. The minimum absolute atomic E-state index is 0.499. The molecule has 1 N–H and O–H groups in total. The lowest BCUT2D eigenvalue weighted by molar-refractivity contribution is 0.302. The molecule has 2 nitrogen and oxygen atoms in total. The summed E-state index contributed by atoms with van der Waals surface area (Å²) in [6, 6.07) is 19.1. The Balaban J connectivity index is 1.75. The van der Waals surface area contributed by atoms with Crippen LogP contribution in [0, 0.1) is 6.92 Å². The van der Waals surface area contributed by atoms with Gasteiger partial charge in [0.1, 0.15) is 12.4 Å². The summed E-state index contributed by atoms with van der Waals surface area (Å²) in [7, 11) is 0. The van der Waals surface area contributed by atoms with Crippen molar-refractivity contribution in [2.24, 2.45) is 0 Å². The number of nitrogens with one attached hydrogen (secondary N) is 1. The fourth-order valence-electron chi connectivity index (χ4n) is 2.58. The van der Waals surface area contributed by atoms with E-state index in [-0.39, 0.29) is 0 Å². The van der Waals surface area contributed by atoms with Gasteiger partial charge in [0.2, 0.25) is 0 Å². The highest BCUT2D eigenvalue weighted by Gasteiger charge is 2.08. The number of ether oxygens (including phenoxy) is 1. The Labute approximate surface area is 168 Å². The highest BCUT2D eigenvalue weighted by molar-refractivity contribution is 6.35. The van der Waals surface area contributed by atoms with Gasteiger partial charge in [0.15, 0.2) is 0 Å². The van der Waals surface area contributed by atoms with Crippen LogP contribution in [-0.2, 0) is 13.2 Å². The molecule has 134 valence electrons. The van der Waals surface area contributed by atoms with E-state index >= 15 is 0 Å². The summed E-state index contributed by atoms with van der Waals surface area (Å²) < 4.78 is 6.04. The molecule has 0 bridgehead atoms. The Morgan fingerprint density at radius 1 is 0.846 bits per heavy atom. The maximum atomic E-state index is 6.21. The number of aryl methyl sites for hydroxylation is 1. The number of halogens is 3. The molecule has 0 saturated carbocycles. The van der Waals surface area contributed by atoms with Crippen molar-refractivity contribution in [3.8, 4) is 5.75 Å². The van der Waals surface area contributed by atoms with Crippen LogP contribution in [0.4, 0.5) is 5.69 Å². The fraction of sp³-hybridized carbons (Fsp3) is 0.143. The van der Waals surface area contributed by atoms with Crippen LogP contribution in [0.3, 0.4) is 0 Å². The van der Waals surface area contributed by atoms with Crippen molar-refractivity contribution in [1.29, 1.82) is 0 Å². The van der Waals surface area contributed by atoms with Gasteiger partial charge in [-0.1, -0.05) is 59.1 Å². The van der Waals surface area contributed by atoms with E-state index in [0.29, 0.717) is 28.2 Å². The van der Waals surface area contributed by atoms with Gasteiger partial charge < -0.3 is 10.1 Å². The molecule has 3 aromatic carbocycles. The van der Waals surface area contributed by atoms with Crippen LogP contribution in [-0.4, -0.2) is 0 Å². The zero-order chi connectivity index (χ0) is 18.5. The van der Waals surface area contributed by atoms with Gasteiger partial charge >= 0.3 is 0 Å². The Morgan fingerprint density at radius 3 is 2.38 bits per heavy atom. The molecule has 0 aliphatic rings. The Bertz CT molecular complexity index is 912. The van der Waals surface area contributed by atoms with Crippen molar-refractivity contribution in [2.45, 2.75) is 20.1 Å². The minimum Gasteiger partial charge on any atom is -0.489 e. The molecular formula is C21H18Cl3NO. The molecule has 0 aromatic heterocycles. The molecule has 0 aliphatic heterocycles. The van der Waals surface area contributed by atoms with Crippen LogP contribution >= 0.6 is 34.8 Å². The summed E-state index contributed by atoms with van der Waals surface area (Å²) in [6.45, 7) is 3.09. The number of hydrogen-bond donors (Lipinski definition) is 1. The summed E-state index contributed by atoms with van der Waals surface area (Å²) in [5.74, 6) is 0.781. The van der Waals surface area contributed by atoms with Crippen LogP contribution in [0.25, 0.3) is 0 Å². The number of benzene rings is 3. The van der Waals surface area contributed by atoms with Gasteiger partial charge in [0.25, 0.3) is 0 Å². The van der Waals surface area contributed by atoms with E-state index in [2.05, 4.69) is 24.4 Å². The second-order valence-electron chi connectivity index (χ2n) is 5.94. The first-order valence-electron chi connectivity index (χ1n) is 8.17. The van der Waals surface area contributed by atoms with E-state index in [1.54, 1.807) is 18.2 Å². The monoisotopic (exact) mass is 405 g/mol. The first kappa shape index (κ1) is 18.9. The third kappa shape index (κ3) is 4.85. The van der Waals surface area contributed by atoms with Crippen molar-refractivity contribution >= 4 is 40.5 Å². The molecule has 0 heterocycles. The molecule has 0 spiro atoms. The Hall–Kier alpha value is -1.87. The molecule has 26 heavy (non-hydrogen) atoms. The van der Waals surface area contributed by atoms with Crippen molar-refractivity contribution < 1.29 is 4.74 Å². The molecule has 0 aliphatic carbocycles. The second kappa shape index (κ2) is 8.68. The normalized spacial score (nSPS) is 10.6. The molecule has 0 atom stereocenters. The van der Waals surface area contributed by atoms with Crippen LogP contribution in [0.1, 0.15) is 16.7 Å². The van der Waals surface area contributed by atoms with Gasteiger partial charge in [-0.05, 0) is 54.4 Å². The van der Waals surface area contributed by atoms with Crippen molar-refractivity contribution in [3.63, 3.8) is 0 Å². The summed E-state index contributed by atoms with van der Waals surface area (Å²) in [4.78, 5) is 0. The molecule has 0 saturated heterocycles. The van der Waals surface area contributed by atoms with Gasteiger partial charge in [-0.25, -0.2) is 0 Å². The first-order chi connectivity index (χ1) is 12.5. The van der Waals surface area contributed by atoms with E-state index in [1.165, 1.54) is 5.56 Å². The summed E-state index contributed by atoms with van der Waals surface area (Å²) in [5, 5.41) is 5.18. The Morgan fingerprint density at radius 2 is 1.58 bits per heavy atom. The molecular weight excluding hydrogens is 389 g/mol. The molecule has 0 unspecified atom stereocenters. The van der Waals surface area contributed by atoms with Crippen LogP contribution in [0.15, 0.2) is 60.7 Å². The highest BCUT2D eigenvalue weighted by Crippen LogP contribution is 2.29. The van der Waals surface area contributed by atoms with Crippen LogP contribution in [0.5, 0.6) is 5.75 Å². The molecule has 3 rings (SSSR count). The smallest absolute Gasteiger partial charge is 0.124 e. The van der Waals surface area contributed by atoms with E-state index in [0.717, 1.165) is 22.6 Å². The van der Waals surface area contributed by atoms with Crippen LogP contribution in [0.2, 0.25) is 15.1 Å². The summed E-state index contributed by atoms with van der Waals surface area (Å²) in [6.07, 6.45) is 0. The quantitative estimate of drug-likeness (QED) is 0.469. The number of hydrogen-bond acceptors (Lipinski definition) is 2. The predicted octanol–water partition coefficient (Wildman–Crippen LogP) is 7.15. The van der Waals surface area contributed by atoms with Gasteiger partial charge in [0.05, 0.1) is 10.7 Å². The largest absolute Gasteiger partial charge is 0.489 e. The van der Waals surface area contributed by atoms with E-state index in [9.17, 15) is 0 Å². The third-order valence-electron chi connectivity index (χ3n) is 4.06. The second-order valence-corrected chi connectivity index (χ2v) is 7.22. The van der Waals surface area contributed by atoms with E-state index < -0.39 is 0 Å². The zero-order valence-corrected chi connectivity index (χ0v) is 16.5. The Kier molecular flexibility index (Phi) is 6.31. The summed E-state index contributed by atoms with van der Waals surface area (Å²) >= 11 is 18.4. The fourth-order valence-corrected chi connectivity index (χ4v) is 3.13. The molecule has 0 radical (unpaired) electrons. The predicted molar refractivity (Wildman–Crippen MR) is 111 cm³/mol. The molecule has 5 heteroatoms. The van der Waals surface area contributed by atoms with E-state index in [4.69, 9.17) is 39.5 Å². The minimum atomic E-state index is 0.499. The van der Waals surface area contributed by atoms with Gasteiger partial charge in [-0.15, -0.1) is 0 Å². The van der Waals surface area contributed by atoms with E-state index in [1.807, 2.05) is 30.3 Å². The number of anilines is 1. The standard InChI is InChI=1S/C21H18Cl3NO/c1-14-4-2-3-5-15(14)13-26-21-9-7-17(22)10-16(21)12-25-20-11-18(23)6-8-19(20)24/h2-11,25H,12-13H2,1H3. The molecule has 0 amide bonds. The van der Waals surface area contributed by atoms with Crippen molar-refractivity contribution in [3.05, 3.63) is 92.4 Å². The SMILES string of the molecule is Cc1ccccc1COc1ccc(Cl)cc1CNc1cc(Cl)ccc1Cl.